The number of ketones is 1. The highest BCUT2D eigenvalue weighted by Gasteiger charge is 2.25. The maximum Gasteiger partial charge on any atom is 0.192 e. The molecule has 2 heterocycles. The fourth-order valence-corrected chi connectivity index (χ4v) is 4.61. The first-order chi connectivity index (χ1) is 14.5. The molecule has 4 rings (SSSR count). The average molecular weight is 490 g/mol. The summed E-state index contributed by atoms with van der Waals surface area (Å²) in [7, 11) is 0. The van der Waals surface area contributed by atoms with Crippen molar-refractivity contribution in [2.75, 3.05) is 6.61 Å². The Morgan fingerprint density at radius 2 is 1.97 bits per heavy atom. The molecule has 3 aromatic rings. The molecule has 0 radical (unpaired) electrons. The number of hydrogen-bond acceptors (Lipinski definition) is 5. The summed E-state index contributed by atoms with van der Waals surface area (Å²) in [6.45, 7) is 3.22. The van der Waals surface area contributed by atoms with Gasteiger partial charge in [-0.15, -0.1) is 10.2 Å². The third-order valence-electron chi connectivity index (χ3n) is 5.01. The van der Waals surface area contributed by atoms with E-state index in [1.54, 1.807) is 12.1 Å². The smallest absolute Gasteiger partial charge is 0.192 e. The van der Waals surface area contributed by atoms with Crippen LogP contribution < -0.4 is 0 Å². The van der Waals surface area contributed by atoms with Crippen LogP contribution in [0.15, 0.2) is 58.2 Å². The number of aromatic nitrogens is 3. The molecular formula is C22H21BrFN3O2S. The summed E-state index contributed by atoms with van der Waals surface area (Å²) in [4.78, 5) is 12.9. The Kier molecular flexibility index (Phi) is 6.65. The predicted octanol–water partition coefficient (Wildman–Crippen LogP) is 5.39. The number of carbonyl (C=O) groups excluding carboxylic acids is 1. The third kappa shape index (κ3) is 4.82. The molecule has 1 aliphatic heterocycles. The number of nitrogens with zero attached hydrogens (tertiary/aromatic N) is 3. The maximum absolute atomic E-state index is 13.4. The molecule has 2 aromatic carbocycles. The van der Waals surface area contributed by atoms with E-state index < -0.39 is 0 Å². The fourth-order valence-electron chi connectivity index (χ4n) is 3.41. The number of rotatable bonds is 7. The summed E-state index contributed by atoms with van der Waals surface area (Å²) in [5, 5.41) is 9.03. The van der Waals surface area contributed by atoms with Gasteiger partial charge in [0, 0.05) is 22.2 Å². The molecule has 0 aliphatic carbocycles. The minimum Gasteiger partial charge on any atom is -0.376 e. The topological polar surface area (TPSA) is 57.0 Å². The molecular weight excluding hydrogens is 469 g/mol. The zero-order chi connectivity index (χ0) is 21.1. The van der Waals surface area contributed by atoms with Gasteiger partial charge in [0.15, 0.2) is 16.8 Å². The van der Waals surface area contributed by atoms with Crippen molar-refractivity contribution in [2.24, 2.45) is 0 Å². The minimum absolute atomic E-state index is 0.0301. The second-order valence-corrected chi connectivity index (χ2v) is 9.41. The van der Waals surface area contributed by atoms with Crippen molar-refractivity contribution in [3.05, 3.63) is 64.4 Å². The van der Waals surface area contributed by atoms with Gasteiger partial charge in [-0.2, -0.15) is 0 Å². The molecule has 0 spiro atoms. The zero-order valence-corrected chi connectivity index (χ0v) is 18.8. The number of ether oxygens (including phenoxy) is 1. The van der Waals surface area contributed by atoms with E-state index in [0.29, 0.717) is 23.1 Å². The summed E-state index contributed by atoms with van der Waals surface area (Å²) in [5.74, 6) is 0.381. The summed E-state index contributed by atoms with van der Waals surface area (Å²) in [6.07, 6.45) is 2.08. The average Bonchev–Trinajstić information content (AvgIpc) is 3.40. The number of thioether (sulfide) groups is 1. The lowest BCUT2D eigenvalue weighted by Gasteiger charge is -2.16. The Labute approximate surface area is 187 Å². The first-order valence-electron chi connectivity index (χ1n) is 9.78. The number of benzene rings is 2. The SMILES string of the molecule is C[C@H](Sc1nnc(-c2ccc(F)cc2)n1C[C@@H]1CCCO1)C(=O)c1ccc(Br)cc1. The van der Waals surface area contributed by atoms with Gasteiger partial charge >= 0.3 is 0 Å². The van der Waals surface area contributed by atoms with E-state index in [-0.39, 0.29) is 23.0 Å². The molecule has 2 atom stereocenters. The highest BCUT2D eigenvalue weighted by molar-refractivity contribution is 9.10. The lowest BCUT2D eigenvalue weighted by Crippen LogP contribution is -2.19. The van der Waals surface area contributed by atoms with Gasteiger partial charge in [-0.3, -0.25) is 9.36 Å². The first-order valence-corrected chi connectivity index (χ1v) is 11.5. The van der Waals surface area contributed by atoms with E-state index in [4.69, 9.17) is 4.74 Å². The Bertz CT molecular complexity index is 1020. The van der Waals surface area contributed by atoms with Gasteiger partial charge in [0.2, 0.25) is 0 Å². The standard InChI is InChI=1S/C22H21BrFN3O2S/c1-14(20(28)15-4-8-17(23)9-5-15)30-22-26-25-21(16-6-10-18(24)11-7-16)27(22)13-19-3-2-12-29-19/h4-11,14,19H,2-3,12-13H2,1H3/t14-,19-/m0/s1. The van der Waals surface area contributed by atoms with Crippen molar-refractivity contribution in [3.8, 4) is 11.4 Å². The molecule has 8 heteroatoms. The van der Waals surface area contributed by atoms with Crippen molar-refractivity contribution in [3.63, 3.8) is 0 Å². The molecule has 1 fully saturated rings. The van der Waals surface area contributed by atoms with Crippen molar-refractivity contribution in [1.82, 2.24) is 14.8 Å². The second kappa shape index (κ2) is 9.41. The van der Waals surface area contributed by atoms with E-state index in [2.05, 4.69) is 26.1 Å². The van der Waals surface area contributed by atoms with Gasteiger partial charge in [0.1, 0.15) is 5.82 Å². The summed E-state index contributed by atoms with van der Waals surface area (Å²) >= 11 is 4.77. The van der Waals surface area contributed by atoms with Crippen LogP contribution in [-0.2, 0) is 11.3 Å². The van der Waals surface area contributed by atoms with Crippen LogP contribution in [0, 0.1) is 5.82 Å². The molecule has 5 nitrogen and oxygen atoms in total. The molecule has 0 saturated carbocycles. The van der Waals surface area contributed by atoms with Crippen LogP contribution in [0.2, 0.25) is 0 Å². The molecule has 1 saturated heterocycles. The van der Waals surface area contributed by atoms with Gasteiger partial charge in [-0.25, -0.2) is 4.39 Å². The molecule has 0 bridgehead atoms. The van der Waals surface area contributed by atoms with Crippen molar-refractivity contribution in [1.29, 1.82) is 0 Å². The molecule has 156 valence electrons. The lowest BCUT2D eigenvalue weighted by atomic mass is 10.1. The highest BCUT2D eigenvalue weighted by Crippen LogP contribution is 2.30. The van der Waals surface area contributed by atoms with E-state index in [1.807, 2.05) is 35.8 Å². The monoisotopic (exact) mass is 489 g/mol. The minimum atomic E-state index is -0.334. The van der Waals surface area contributed by atoms with Crippen molar-refractivity contribution in [2.45, 2.75) is 42.8 Å². The van der Waals surface area contributed by atoms with Gasteiger partial charge in [-0.05, 0) is 56.2 Å². The highest BCUT2D eigenvalue weighted by atomic mass is 79.9. The lowest BCUT2D eigenvalue weighted by molar-refractivity contribution is 0.0953. The van der Waals surface area contributed by atoms with Crippen LogP contribution in [0.1, 0.15) is 30.1 Å². The Morgan fingerprint density at radius 3 is 2.63 bits per heavy atom. The number of halogens is 2. The van der Waals surface area contributed by atoms with Gasteiger partial charge in [-0.1, -0.05) is 39.8 Å². The Hall–Kier alpha value is -2.03. The third-order valence-corrected chi connectivity index (χ3v) is 6.62. The van der Waals surface area contributed by atoms with E-state index in [0.717, 1.165) is 29.5 Å². The van der Waals surface area contributed by atoms with Crippen molar-refractivity contribution < 1.29 is 13.9 Å². The van der Waals surface area contributed by atoms with E-state index >= 15 is 0 Å². The molecule has 30 heavy (non-hydrogen) atoms. The van der Waals surface area contributed by atoms with Crippen LogP contribution in [0.3, 0.4) is 0 Å². The molecule has 1 aliphatic rings. The Balaban J connectivity index is 1.60. The number of carbonyl (C=O) groups is 1. The van der Waals surface area contributed by atoms with Crippen LogP contribution in [0.25, 0.3) is 11.4 Å². The van der Waals surface area contributed by atoms with Crippen LogP contribution >= 0.6 is 27.7 Å². The molecule has 0 unspecified atom stereocenters. The molecule has 1 aromatic heterocycles. The van der Waals surface area contributed by atoms with Crippen LogP contribution in [0.5, 0.6) is 0 Å². The normalized spacial score (nSPS) is 17.2. The zero-order valence-electron chi connectivity index (χ0n) is 16.4. The van der Waals surface area contributed by atoms with Gasteiger partial charge < -0.3 is 4.74 Å². The van der Waals surface area contributed by atoms with E-state index in [9.17, 15) is 9.18 Å². The largest absolute Gasteiger partial charge is 0.376 e. The summed E-state index contributed by atoms with van der Waals surface area (Å²) in [6, 6.07) is 13.5. The number of hydrogen-bond donors (Lipinski definition) is 0. The Morgan fingerprint density at radius 1 is 1.23 bits per heavy atom. The van der Waals surface area contributed by atoms with Gasteiger partial charge in [0.25, 0.3) is 0 Å². The van der Waals surface area contributed by atoms with Crippen LogP contribution in [0.4, 0.5) is 4.39 Å². The van der Waals surface area contributed by atoms with Crippen LogP contribution in [-0.4, -0.2) is 38.5 Å². The number of Topliss-reactive ketones (excluding diaryl/α,β-unsaturated/α-hetero) is 1. The predicted molar refractivity (Wildman–Crippen MR) is 118 cm³/mol. The summed E-state index contributed by atoms with van der Waals surface area (Å²) < 4.78 is 22.1. The molecule has 0 N–H and O–H groups in total. The van der Waals surface area contributed by atoms with Crippen molar-refractivity contribution >= 4 is 33.5 Å². The summed E-state index contributed by atoms with van der Waals surface area (Å²) in [5.41, 5.74) is 1.43. The van der Waals surface area contributed by atoms with E-state index in [1.165, 1.54) is 23.9 Å². The molecule has 0 amide bonds. The fraction of sp³-hybridized carbons (Fsp3) is 0.318. The maximum atomic E-state index is 13.4. The second-order valence-electron chi connectivity index (χ2n) is 7.19. The first kappa shape index (κ1) is 21.2. The quantitative estimate of drug-likeness (QED) is 0.329. The van der Waals surface area contributed by atoms with Gasteiger partial charge in [0.05, 0.1) is 17.9 Å².